The maximum atomic E-state index is 11.9. The second kappa shape index (κ2) is 11.3. The zero-order chi connectivity index (χ0) is 32.1. The molecule has 8 heteroatoms. The van der Waals surface area contributed by atoms with Crippen molar-refractivity contribution in [3.63, 3.8) is 0 Å². The first-order valence-corrected chi connectivity index (χ1v) is 16.0. The van der Waals surface area contributed by atoms with Crippen LogP contribution < -0.4 is 13.7 Å². The summed E-state index contributed by atoms with van der Waals surface area (Å²) in [5.74, 6) is -2.05. The Hall–Kier alpha value is -4.69. The average molecular weight is 621 g/mol. The maximum Gasteiger partial charge on any atom is 0.336 e. The molecule has 0 fully saturated rings. The SMILES string of the molecule is Cc1sc(-c2ccccc2)c2[n+]1C(C)(C)C(C)(CCC[n+]1ccc(C(=O)O)cc1-c1cc(C(=O)O)cc[n+]1C)c1ccccc1-2. The Kier molecular flexibility index (Phi) is 7.65. The number of hydrogen-bond donors (Lipinski definition) is 2. The quantitative estimate of drug-likeness (QED) is 0.198. The fraction of sp³-hybridized carbons (Fsp3) is 0.270. The third kappa shape index (κ3) is 5.03. The molecule has 45 heavy (non-hydrogen) atoms. The molecule has 1 aliphatic rings. The van der Waals surface area contributed by atoms with Crippen LogP contribution in [0.2, 0.25) is 0 Å². The molecular formula is C37H38N3O4S+3. The molecule has 3 aromatic heterocycles. The number of carboxylic acid groups (broad SMARTS) is 2. The minimum absolute atomic E-state index is 0.150. The summed E-state index contributed by atoms with van der Waals surface area (Å²) in [6.45, 7) is 9.91. The van der Waals surface area contributed by atoms with Crippen molar-refractivity contribution in [2.24, 2.45) is 7.05 Å². The van der Waals surface area contributed by atoms with Crippen molar-refractivity contribution >= 4 is 23.3 Å². The van der Waals surface area contributed by atoms with Gasteiger partial charge in [0.2, 0.25) is 10.7 Å². The zero-order valence-electron chi connectivity index (χ0n) is 26.2. The molecule has 2 N–H and O–H groups in total. The molecule has 0 spiro atoms. The third-order valence-corrected chi connectivity index (χ3v) is 10.9. The summed E-state index contributed by atoms with van der Waals surface area (Å²) in [6.07, 6.45) is 5.20. The van der Waals surface area contributed by atoms with Gasteiger partial charge in [-0.05, 0) is 30.5 Å². The molecule has 0 amide bonds. The molecule has 1 atom stereocenters. The molecule has 5 aromatic rings. The summed E-state index contributed by atoms with van der Waals surface area (Å²) in [5.41, 5.74) is 6.23. The predicted octanol–water partition coefficient (Wildman–Crippen LogP) is 6.34. The van der Waals surface area contributed by atoms with Crippen LogP contribution in [0, 0.1) is 6.92 Å². The average Bonchev–Trinajstić information content (AvgIpc) is 3.39. The van der Waals surface area contributed by atoms with E-state index in [9.17, 15) is 19.8 Å². The number of pyridine rings is 2. The highest BCUT2D eigenvalue weighted by Gasteiger charge is 2.57. The van der Waals surface area contributed by atoms with Crippen molar-refractivity contribution in [1.29, 1.82) is 0 Å². The van der Waals surface area contributed by atoms with E-state index in [4.69, 9.17) is 0 Å². The summed E-state index contributed by atoms with van der Waals surface area (Å²) < 4.78 is 6.41. The van der Waals surface area contributed by atoms with E-state index in [0.29, 0.717) is 17.9 Å². The number of aromatic nitrogens is 3. The Bertz CT molecular complexity index is 1960. The number of carboxylic acids is 2. The van der Waals surface area contributed by atoms with E-state index in [2.05, 4.69) is 86.9 Å². The highest BCUT2D eigenvalue weighted by atomic mass is 32.1. The van der Waals surface area contributed by atoms with Crippen molar-refractivity contribution in [3.05, 3.63) is 113 Å². The highest BCUT2D eigenvalue weighted by Crippen LogP contribution is 2.52. The van der Waals surface area contributed by atoms with Crippen LogP contribution >= 0.6 is 11.3 Å². The number of nitrogens with zero attached hydrogens (tertiary/aromatic N) is 3. The number of fused-ring (bicyclic) bond motifs is 3. The fourth-order valence-electron chi connectivity index (χ4n) is 7.03. The monoisotopic (exact) mass is 620 g/mol. The molecule has 2 aromatic carbocycles. The van der Waals surface area contributed by atoms with Gasteiger partial charge in [0.1, 0.15) is 18.5 Å². The number of aromatic carboxylic acids is 2. The van der Waals surface area contributed by atoms with E-state index >= 15 is 0 Å². The first-order valence-electron chi connectivity index (χ1n) is 15.2. The summed E-state index contributed by atoms with van der Waals surface area (Å²) in [5, 5.41) is 20.7. The maximum absolute atomic E-state index is 11.9. The smallest absolute Gasteiger partial charge is 0.336 e. The van der Waals surface area contributed by atoms with Crippen LogP contribution in [0.3, 0.4) is 0 Å². The minimum Gasteiger partial charge on any atom is -0.478 e. The first kappa shape index (κ1) is 30.3. The summed E-state index contributed by atoms with van der Waals surface area (Å²) in [7, 11) is 1.84. The van der Waals surface area contributed by atoms with Gasteiger partial charge in [-0.3, -0.25) is 0 Å². The lowest BCUT2D eigenvalue weighted by molar-refractivity contribution is -0.761. The van der Waals surface area contributed by atoms with Gasteiger partial charge in [-0.2, -0.15) is 13.7 Å². The van der Waals surface area contributed by atoms with Crippen LogP contribution in [0.25, 0.3) is 33.1 Å². The molecule has 228 valence electrons. The van der Waals surface area contributed by atoms with Gasteiger partial charge < -0.3 is 10.2 Å². The normalized spacial score (nSPS) is 16.6. The Morgan fingerprint density at radius 3 is 2.13 bits per heavy atom. The summed E-state index contributed by atoms with van der Waals surface area (Å²) in [6, 6.07) is 25.8. The van der Waals surface area contributed by atoms with E-state index in [0.717, 1.165) is 12.8 Å². The number of rotatable bonds is 8. The number of benzene rings is 2. The van der Waals surface area contributed by atoms with Crippen LogP contribution in [-0.2, 0) is 24.5 Å². The number of carbonyl (C=O) groups is 2. The van der Waals surface area contributed by atoms with Gasteiger partial charge in [0.15, 0.2) is 17.9 Å². The number of aryl methyl sites for hydroxylation is 3. The minimum atomic E-state index is -1.03. The van der Waals surface area contributed by atoms with Crippen molar-refractivity contribution in [1.82, 2.24) is 0 Å². The molecule has 0 radical (unpaired) electrons. The Morgan fingerprint density at radius 2 is 1.44 bits per heavy atom. The second-order valence-electron chi connectivity index (χ2n) is 12.6. The fourth-order valence-corrected chi connectivity index (χ4v) is 8.29. The van der Waals surface area contributed by atoms with E-state index in [1.807, 2.05) is 27.5 Å². The lowest BCUT2D eigenvalue weighted by atomic mass is 9.61. The van der Waals surface area contributed by atoms with Gasteiger partial charge in [-0.15, -0.1) is 0 Å². The Labute approximate surface area is 267 Å². The van der Waals surface area contributed by atoms with Crippen molar-refractivity contribution < 1.29 is 33.5 Å². The molecule has 0 saturated carbocycles. The molecule has 0 saturated heterocycles. The molecule has 6 rings (SSSR count). The van der Waals surface area contributed by atoms with E-state index in [1.165, 1.54) is 32.3 Å². The largest absolute Gasteiger partial charge is 0.478 e. The highest BCUT2D eigenvalue weighted by molar-refractivity contribution is 7.15. The predicted molar refractivity (Wildman–Crippen MR) is 173 cm³/mol. The van der Waals surface area contributed by atoms with Crippen molar-refractivity contribution in [2.45, 2.75) is 58.0 Å². The van der Waals surface area contributed by atoms with Crippen molar-refractivity contribution in [3.8, 4) is 33.1 Å². The topological polar surface area (TPSA) is 86.2 Å². The zero-order valence-corrected chi connectivity index (χ0v) is 27.1. The van der Waals surface area contributed by atoms with Gasteiger partial charge in [0.05, 0.1) is 22.1 Å². The Balaban J connectivity index is 1.39. The first-order chi connectivity index (χ1) is 21.4. The standard InChI is InChI=1S/C37H36N3O4S/c1-24-40-32(33(45-24)25-12-7-6-8-13-25)28-14-9-10-15-29(28)37(4,36(40,2)3)18-11-19-39-21-17-27(35(43)44)23-31(39)30-22-26(34(41)42)16-20-38(30)5/h6-10,12-17,20-23H,11,18-19H2,1-5H3/q+1/p+2. The van der Waals surface area contributed by atoms with Crippen LogP contribution in [0.4, 0.5) is 0 Å². The van der Waals surface area contributed by atoms with E-state index in [-0.39, 0.29) is 22.1 Å². The molecule has 0 aliphatic carbocycles. The molecule has 0 bridgehead atoms. The van der Waals surface area contributed by atoms with Gasteiger partial charge in [-0.25, -0.2) is 9.59 Å². The van der Waals surface area contributed by atoms with Gasteiger partial charge in [0, 0.05) is 51.5 Å². The van der Waals surface area contributed by atoms with E-state index in [1.54, 1.807) is 36.7 Å². The lowest BCUT2D eigenvalue weighted by Gasteiger charge is -2.44. The van der Waals surface area contributed by atoms with Gasteiger partial charge in [0.25, 0.3) is 11.4 Å². The van der Waals surface area contributed by atoms with Crippen LogP contribution in [0.5, 0.6) is 0 Å². The Morgan fingerprint density at radius 1 is 0.822 bits per heavy atom. The van der Waals surface area contributed by atoms with Crippen LogP contribution in [0.1, 0.15) is 64.9 Å². The number of hydrogen-bond acceptors (Lipinski definition) is 3. The summed E-state index contributed by atoms with van der Waals surface area (Å²) >= 11 is 1.85. The second-order valence-corrected chi connectivity index (χ2v) is 13.8. The van der Waals surface area contributed by atoms with Crippen molar-refractivity contribution in [2.75, 3.05) is 0 Å². The van der Waals surface area contributed by atoms with Gasteiger partial charge in [-0.1, -0.05) is 59.9 Å². The molecule has 4 heterocycles. The lowest BCUT2D eigenvalue weighted by Crippen LogP contribution is -2.66. The molecule has 1 aliphatic heterocycles. The van der Waals surface area contributed by atoms with Crippen LogP contribution in [0.15, 0.2) is 91.3 Å². The van der Waals surface area contributed by atoms with Gasteiger partial charge >= 0.3 is 11.9 Å². The molecule has 7 nitrogen and oxygen atoms in total. The van der Waals surface area contributed by atoms with Crippen LogP contribution in [-0.4, -0.2) is 22.2 Å². The number of thiazole rings is 1. The van der Waals surface area contributed by atoms with E-state index < -0.39 is 11.9 Å². The molecule has 1 unspecified atom stereocenters. The molecular weight excluding hydrogens is 582 g/mol. The third-order valence-electron chi connectivity index (χ3n) is 9.74. The summed E-state index contributed by atoms with van der Waals surface area (Å²) in [4.78, 5) is 25.0.